The number of thiophene rings is 1. The molecule has 2 aliphatic rings. The van der Waals surface area contributed by atoms with Gasteiger partial charge in [-0.25, -0.2) is 24.2 Å². The number of carboxylic acid groups (broad SMARTS) is 4. The third-order valence-corrected chi connectivity index (χ3v) is 6.69. The molecule has 43 heavy (non-hydrogen) atoms. The molecule has 1 fully saturated rings. The minimum atomic E-state index is -1.26. The third kappa shape index (κ3) is 13.1. The molecule has 1 aromatic heterocycles. The van der Waals surface area contributed by atoms with E-state index in [2.05, 4.69) is 22.4 Å². The summed E-state index contributed by atoms with van der Waals surface area (Å²) in [4.78, 5) is 58.3. The van der Waals surface area contributed by atoms with Crippen LogP contribution >= 0.6 is 11.3 Å². The van der Waals surface area contributed by atoms with Gasteiger partial charge in [0.15, 0.2) is 0 Å². The molecule has 15 heteroatoms. The Morgan fingerprint density at radius 1 is 0.953 bits per heavy atom. The lowest BCUT2D eigenvalue weighted by Crippen LogP contribution is -2.43. The number of ether oxygens (including phenoxy) is 1. The van der Waals surface area contributed by atoms with Crippen LogP contribution in [0.1, 0.15) is 28.5 Å². The third-order valence-electron chi connectivity index (χ3n) is 5.79. The number of nitrogens with one attached hydrogen (secondary N) is 1. The van der Waals surface area contributed by atoms with Gasteiger partial charge in [0.1, 0.15) is 5.84 Å². The van der Waals surface area contributed by atoms with Crippen LogP contribution < -0.4 is 11.1 Å². The molecule has 0 saturated carbocycles. The van der Waals surface area contributed by atoms with Crippen molar-refractivity contribution in [1.29, 1.82) is 0 Å². The smallest absolute Gasteiger partial charge is 0.328 e. The van der Waals surface area contributed by atoms with E-state index in [-0.39, 0.29) is 11.9 Å². The van der Waals surface area contributed by atoms with Crippen LogP contribution in [-0.2, 0) is 35.1 Å². The fourth-order valence-electron chi connectivity index (χ4n) is 3.90. The molecule has 7 N–H and O–H groups in total. The van der Waals surface area contributed by atoms with Crippen LogP contribution in [0.2, 0.25) is 0 Å². The number of aliphatic imine (C=N–C) groups is 1. The molecule has 0 bridgehead atoms. The average molecular weight is 617 g/mol. The van der Waals surface area contributed by atoms with Crippen LogP contribution in [-0.4, -0.2) is 93.8 Å². The Balaban J connectivity index is 0.000000334. The summed E-state index contributed by atoms with van der Waals surface area (Å²) < 4.78 is 5.34. The summed E-state index contributed by atoms with van der Waals surface area (Å²) in [5, 5.41) is 36.7. The van der Waals surface area contributed by atoms with Crippen LogP contribution in [0.5, 0.6) is 0 Å². The number of carbonyl (C=O) groups is 5. The van der Waals surface area contributed by atoms with E-state index in [4.69, 9.17) is 30.9 Å². The van der Waals surface area contributed by atoms with Crippen LogP contribution in [0.15, 0.2) is 65.0 Å². The van der Waals surface area contributed by atoms with Gasteiger partial charge in [0.25, 0.3) is 0 Å². The molecule has 3 heterocycles. The summed E-state index contributed by atoms with van der Waals surface area (Å²) in [6, 6.07) is 10.1. The van der Waals surface area contributed by atoms with Crippen LogP contribution in [0.4, 0.5) is 5.69 Å². The average Bonchev–Trinajstić information content (AvgIpc) is 3.52. The summed E-state index contributed by atoms with van der Waals surface area (Å²) in [5.41, 5.74) is 9.39. The van der Waals surface area contributed by atoms with Gasteiger partial charge in [0, 0.05) is 49.9 Å². The second-order valence-electron chi connectivity index (χ2n) is 8.83. The normalized spacial score (nSPS) is 16.3. The number of benzene rings is 1. The highest BCUT2D eigenvalue weighted by molar-refractivity contribution is 7.12. The molecule has 2 aromatic rings. The molecule has 0 spiro atoms. The number of amides is 1. The number of rotatable bonds is 8. The van der Waals surface area contributed by atoms with Crippen LogP contribution in [0.3, 0.4) is 0 Å². The predicted molar refractivity (Wildman–Crippen MR) is 156 cm³/mol. The van der Waals surface area contributed by atoms with Crippen molar-refractivity contribution in [3.05, 3.63) is 76.0 Å². The molecule has 230 valence electrons. The summed E-state index contributed by atoms with van der Waals surface area (Å²) in [7, 11) is 0. The van der Waals surface area contributed by atoms with Crippen LogP contribution in [0, 0.1) is 0 Å². The Kier molecular flexibility index (Phi) is 14.3. The quantitative estimate of drug-likeness (QED) is 0.141. The molecule has 0 radical (unpaired) electrons. The number of fused-ring (bicyclic) bond motifs is 1. The van der Waals surface area contributed by atoms with Gasteiger partial charge < -0.3 is 41.1 Å². The standard InChI is InChI=1S/C20H24N4O2S.2C4H4O4/c21-20(18-2-1-11-27-18)23-15-4-3-14-5-6-22-17(16(14)12-15)13-19(25)24-7-9-26-10-8-24;2*5-3(6)1-2-4(7)8/h1-4,11-12,17,22H,5-10,13H2,(H2,21,23);2*1-2H,(H,5,6)(H,7,8)/b;2*2-1+. The maximum atomic E-state index is 12.7. The van der Waals surface area contributed by atoms with Gasteiger partial charge in [0.05, 0.1) is 23.8 Å². The molecule has 14 nitrogen and oxygen atoms in total. The van der Waals surface area contributed by atoms with E-state index in [0.717, 1.165) is 29.1 Å². The fourth-order valence-corrected chi connectivity index (χ4v) is 4.52. The number of nitrogens with zero attached hydrogens (tertiary/aromatic N) is 2. The van der Waals surface area contributed by atoms with E-state index in [9.17, 15) is 24.0 Å². The predicted octanol–water partition coefficient (Wildman–Crippen LogP) is 1.64. The van der Waals surface area contributed by atoms with Gasteiger partial charge in [0.2, 0.25) is 5.91 Å². The van der Waals surface area contributed by atoms with Gasteiger partial charge in [-0.2, -0.15) is 0 Å². The first-order chi connectivity index (χ1) is 20.5. The summed E-state index contributed by atoms with van der Waals surface area (Å²) in [6.45, 7) is 3.50. The first-order valence-electron chi connectivity index (χ1n) is 12.8. The molecule has 1 saturated heterocycles. The molecule has 4 rings (SSSR count). The summed E-state index contributed by atoms with van der Waals surface area (Å²) in [6.07, 6.45) is 3.65. The second-order valence-corrected chi connectivity index (χ2v) is 9.78. The van der Waals surface area contributed by atoms with Crippen LogP contribution in [0.25, 0.3) is 0 Å². The Labute approximate surface area is 250 Å². The van der Waals surface area contributed by atoms with Gasteiger partial charge in [-0.1, -0.05) is 12.1 Å². The zero-order chi connectivity index (χ0) is 31.8. The second kappa shape index (κ2) is 17.8. The Bertz CT molecular complexity index is 1300. The summed E-state index contributed by atoms with van der Waals surface area (Å²) >= 11 is 1.58. The number of carbonyl (C=O) groups excluding carboxylic acids is 1. The highest BCUT2D eigenvalue weighted by Crippen LogP contribution is 2.30. The first kappa shape index (κ1) is 34.3. The Morgan fingerprint density at radius 3 is 2.05 bits per heavy atom. The Morgan fingerprint density at radius 2 is 1.53 bits per heavy atom. The zero-order valence-electron chi connectivity index (χ0n) is 22.9. The lowest BCUT2D eigenvalue weighted by atomic mass is 9.91. The fraction of sp³-hybridized carbons (Fsp3) is 0.286. The minimum absolute atomic E-state index is 0.0159. The van der Waals surface area contributed by atoms with Gasteiger partial charge in [-0.3, -0.25) is 4.79 Å². The van der Waals surface area contributed by atoms with Gasteiger partial charge in [-0.05, 0) is 47.7 Å². The van der Waals surface area contributed by atoms with E-state index >= 15 is 0 Å². The van der Waals surface area contributed by atoms with Crippen molar-refractivity contribution in [2.75, 3.05) is 32.8 Å². The van der Waals surface area contributed by atoms with E-state index < -0.39 is 23.9 Å². The van der Waals surface area contributed by atoms with Crippen molar-refractivity contribution in [3.63, 3.8) is 0 Å². The number of morpholine rings is 1. The zero-order valence-corrected chi connectivity index (χ0v) is 23.7. The van der Waals surface area contributed by atoms with Gasteiger partial charge >= 0.3 is 23.9 Å². The van der Waals surface area contributed by atoms with E-state index in [1.54, 1.807) is 11.3 Å². The van der Waals surface area contributed by atoms with E-state index in [0.29, 0.717) is 62.9 Å². The number of aliphatic carboxylic acids is 4. The van der Waals surface area contributed by atoms with Crippen molar-refractivity contribution in [2.45, 2.75) is 18.9 Å². The Hall–Kier alpha value is -4.86. The number of nitrogens with two attached hydrogens (primary N) is 1. The highest BCUT2D eigenvalue weighted by Gasteiger charge is 2.26. The van der Waals surface area contributed by atoms with Crippen molar-refractivity contribution in [1.82, 2.24) is 10.2 Å². The highest BCUT2D eigenvalue weighted by atomic mass is 32.1. The maximum absolute atomic E-state index is 12.7. The van der Waals surface area contributed by atoms with E-state index in [1.165, 1.54) is 5.56 Å². The van der Waals surface area contributed by atoms with Crippen molar-refractivity contribution >= 4 is 52.6 Å². The molecular formula is C28H32N4O10S. The van der Waals surface area contributed by atoms with Crippen molar-refractivity contribution in [3.8, 4) is 0 Å². The van der Waals surface area contributed by atoms with Crippen molar-refractivity contribution < 1.29 is 49.1 Å². The molecule has 1 atom stereocenters. The van der Waals surface area contributed by atoms with E-state index in [1.807, 2.05) is 28.5 Å². The minimum Gasteiger partial charge on any atom is -0.478 e. The molecule has 0 aliphatic carbocycles. The first-order valence-corrected chi connectivity index (χ1v) is 13.7. The molecule has 1 amide bonds. The maximum Gasteiger partial charge on any atom is 0.328 e. The van der Waals surface area contributed by atoms with Crippen molar-refractivity contribution in [2.24, 2.45) is 10.7 Å². The summed E-state index contributed by atoms with van der Waals surface area (Å²) in [5.74, 6) is -4.33. The SMILES string of the molecule is NC(=Nc1ccc2c(c1)C(CC(=O)N1CCOCC1)NCC2)c1cccs1.O=C(O)/C=C/C(=O)O.O=C(O)/C=C/C(=O)O. The lowest BCUT2D eigenvalue weighted by Gasteiger charge is -2.31. The lowest BCUT2D eigenvalue weighted by molar-refractivity contribution is -0.136. The monoisotopic (exact) mass is 616 g/mol. The largest absolute Gasteiger partial charge is 0.478 e. The molecule has 1 aromatic carbocycles. The number of carboxylic acids is 4. The molecule has 2 aliphatic heterocycles. The topological polar surface area (TPSA) is 229 Å². The molecular weight excluding hydrogens is 584 g/mol. The number of hydrogen-bond acceptors (Lipinski definition) is 9. The number of amidine groups is 1. The molecule has 1 unspecified atom stereocenters. The number of hydrogen-bond donors (Lipinski definition) is 6. The van der Waals surface area contributed by atoms with Gasteiger partial charge in [-0.15, -0.1) is 11.3 Å².